The molecule has 0 aliphatic carbocycles. The number of benzene rings is 1. The molecule has 1 aromatic heterocycles. The summed E-state index contributed by atoms with van der Waals surface area (Å²) in [5, 5.41) is 0. The van der Waals surface area contributed by atoms with Crippen LogP contribution in [0.5, 0.6) is 0 Å². The highest BCUT2D eigenvalue weighted by molar-refractivity contribution is 6.28. The zero-order valence-corrected chi connectivity index (χ0v) is 14.3. The smallest absolute Gasteiger partial charge is 0.416 e. The van der Waals surface area contributed by atoms with Crippen LogP contribution in [0.4, 0.5) is 13.2 Å². The lowest BCUT2D eigenvalue weighted by Crippen LogP contribution is -2.28. The average molecular weight is 394 g/mol. The fourth-order valence-corrected chi connectivity index (χ4v) is 2.59. The molecule has 2 aromatic rings. The minimum Gasteiger partial charge on any atom is -0.458 e. The Labute approximate surface area is 156 Å². The molecule has 1 aromatic carbocycles. The van der Waals surface area contributed by atoms with Crippen molar-refractivity contribution in [3.63, 3.8) is 0 Å². The first-order valence-corrected chi connectivity index (χ1v) is 7.92. The molecule has 146 valence electrons. The second kappa shape index (κ2) is 7.22. The molecule has 0 unspecified atom stereocenters. The molecule has 3 rings (SSSR count). The molecular formula is C18H13F3N2O5. The number of hydrogen-bond donors (Lipinski definition) is 2. The third kappa shape index (κ3) is 3.90. The van der Waals surface area contributed by atoms with E-state index in [2.05, 4.69) is 10.9 Å². The van der Waals surface area contributed by atoms with Gasteiger partial charge in [-0.3, -0.25) is 25.2 Å². The van der Waals surface area contributed by atoms with E-state index in [-0.39, 0.29) is 29.3 Å². The lowest BCUT2D eigenvalue weighted by molar-refractivity contribution is -0.142. The van der Waals surface area contributed by atoms with Crippen molar-refractivity contribution in [1.29, 1.82) is 0 Å². The van der Waals surface area contributed by atoms with Gasteiger partial charge in [-0.25, -0.2) is 0 Å². The fourth-order valence-electron chi connectivity index (χ4n) is 2.59. The summed E-state index contributed by atoms with van der Waals surface area (Å²) in [6, 6.07) is 6.97. The van der Waals surface area contributed by atoms with Crippen LogP contribution in [0.2, 0.25) is 0 Å². The largest absolute Gasteiger partial charge is 0.458 e. The third-order valence-corrected chi connectivity index (χ3v) is 3.80. The SMILES string of the molecule is CC(=O)OCc1ccc(C(=C2C(=O)NNC2=O)c2cccc(C(F)(F)F)c2)o1. The van der Waals surface area contributed by atoms with E-state index in [1.165, 1.54) is 25.1 Å². The first-order valence-electron chi connectivity index (χ1n) is 7.92. The molecule has 1 saturated heterocycles. The van der Waals surface area contributed by atoms with E-state index in [1.807, 2.05) is 0 Å². The number of alkyl halides is 3. The Hall–Kier alpha value is -3.56. The van der Waals surface area contributed by atoms with Crippen LogP contribution in [0.1, 0.15) is 29.6 Å². The highest BCUT2D eigenvalue weighted by Crippen LogP contribution is 2.35. The van der Waals surface area contributed by atoms with Crippen molar-refractivity contribution in [3.8, 4) is 0 Å². The Kier molecular flexibility index (Phi) is 4.95. The summed E-state index contributed by atoms with van der Waals surface area (Å²) >= 11 is 0. The highest BCUT2D eigenvalue weighted by atomic mass is 19.4. The molecule has 1 fully saturated rings. The molecule has 10 heteroatoms. The number of nitrogens with one attached hydrogen (secondary N) is 2. The predicted octanol–water partition coefficient (Wildman–Crippen LogP) is 2.32. The van der Waals surface area contributed by atoms with Crippen molar-refractivity contribution in [2.24, 2.45) is 0 Å². The first kappa shape index (κ1) is 19.2. The van der Waals surface area contributed by atoms with E-state index in [1.54, 1.807) is 0 Å². The van der Waals surface area contributed by atoms with E-state index < -0.39 is 35.1 Å². The van der Waals surface area contributed by atoms with E-state index in [4.69, 9.17) is 9.15 Å². The van der Waals surface area contributed by atoms with Gasteiger partial charge in [0.2, 0.25) is 0 Å². The molecule has 7 nitrogen and oxygen atoms in total. The minimum absolute atomic E-state index is 0.0244. The van der Waals surface area contributed by atoms with E-state index in [0.29, 0.717) is 0 Å². The van der Waals surface area contributed by atoms with Crippen molar-refractivity contribution in [2.45, 2.75) is 19.7 Å². The van der Waals surface area contributed by atoms with Crippen molar-refractivity contribution in [1.82, 2.24) is 10.9 Å². The van der Waals surface area contributed by atoms with Gasteiger partial charge in [-0.1, -0.05) is 12.1 Å². The quantitative estimate of drug-likeness (QED) is 0.471. The zero-order valence-electron chi connectivity index (χ0n) is 14.3. The van der Waals surface area contributed by atoms with E-state index in [0.717, 1.165) is 18.2 Å². The zero-order chi connectivity index (χ0) is 20.5. The van der Waals surface area contributed by atoms with Gasteiger partial charge in [0.25, 0.3) is 11.8 Å². The molecule has 1 aliphatic rings. The molecule has 0 spiro atoms. The van der Waals surface area contributed by atoms with Crippen LogP contribution in [-0.4, -0.2) is 17.8 Å². The molecule has 2 N–H and O–H groups in total. The van der Waals surface area contributed by atoms with Gasteiger partial charge < -0.3 is 9.15 Å². The van der Waals surface area contributed by atoms with E-state index in [9.17, 15) is 27.6 Å². The standard InChI is InChI=1S/C18H13F3N2O5/c1-9(24)27-8-12-5-6-13(28-12)14(15-16(25)22-23-17(15)26)10-3-2-4-11(7-10)18(19,20)21/h2-7H,8H2,1H3,(H,22,25)(H,23,26). The Balaban J connectivity index is 2.13. The number of hydrazine groups is 1. The van der Waals surface area contributed by atoms with Gasteiger partial charge in [0.05, 0.1) is 5.56 Å². The summed E-state index contributed by atoms with van der Waals surface area (Å²) in [5.41, 5.74) is 2.70. The van der Waals surface area contributed by atoms with Gasteiger partial charge in [-0.05, 0) is 29.8 Å². The Morgan fingerprint density at radius 3 is 2.39 bits per heavy atom. The molecule has 0 saturated carbocycles. The molecule has 0 radical (unpaired) electrons. The molecule has 28 heavy (non-hydrogen) atoms. The van der Waals surface area contributed by atoms with Gasteiger partial charge >= 0.3 is 12.1 Å². The molecule has 2 amide bonds. The summed E-state index contributed by atoms with van der Waals surface area (Å²) in [4.78, 5) is 35.1. The number of carbonyl (C=O) groups excluding carboxylic acids is 3. The average Bonchev–Trinajstić information content (AvgIpc) is 3.22. The third-order valence-electron chi connectivity index (χ3n) is 3.80. The summed E-state index contributed by atoms with van der Waals surface area (Å²) in [5.74, 6) is -2.01. The van der Waals surface area contributed by atoms with Crippen LogP contribution in [0.3, 0.4) is 0 Å². The van der Waals surface area contributed by atoms with Crippen LogP contribution >= 0.6 is 0 Å². The maximum absolute atomic E-state index is 13.1. The normalized spacial score (nSPS) is 13.9. The van der Waals surface area contributed by atoms with Crippen LogP contribution in [0.15, 0.2) is 46.4 Å². The predicted molar refractivity (Wildman–Crippen MR) is 87.9 cm³/mol. The topological polar surface area (TPSA) is 97.6 Å². The highest BCUT2D eigenvalue weighted by Gasteiger charge is 2.34. The number of hydrogen-bond acceptors (Lipinski definition) is 5. The number of esters is 1. The van der Waals surface area contributed by atoms with Gasteiger partial charge in [-0.15, -0.1) is 0 Å². The van der Waals surface area contributed by atoms with Crippen LogP contribution in [-0.2, 0) is 31.9 Å². The lowest BCUT2D eigenvalue weighted by Gasteiger charge is -2.11. The molecule has 0 atom stereocenters. The van der Waals surface area contributed by atoms with Crippen molar-refractivity contribution in [3.05, 3.63) is 64.6 Å². The lowest BCUT2D eigenvalue weighted by atomic mass is 9.95. The Bertz CT molecular complexity index is 973. The number of furan rings is 1. The molecular weight excluding hydrogens is 381 g/mol. The molecule has 2 heterocycles. The number of rotatable bonds is 4. The number of amides is 2. The second-order valence-electron chi connectivity index (χ2n) is 5.78. The number of carbonyl (C=O) groups is 3. The maximum atomic E-state index is 13.1. The maximum Gasteiger partial charge on any atom is 0.416 e. The number of ether oxygens (including phenoxy) is 1. The van der Waals surface area contributed by atoms with Gasteiger partial charge in [0, 0.05) is 12.5 Å². The van der Waals surface area contributed by atoms with Crippen LogP contribution < -0.4 is 10.9 Å². The summed E-state index contributed by atoms with van der Waals surface area (Å²) in [6.45, 7) is 0.992. The van der Waals surface area contributed by atoms with Gasteiger partial charge in [-0.2, -0.15) is 13.2 Å². The fraction of sp³-hybridized carbons (Fsp3) is 0.167. The van der Waals surface area contributed by atoms with Crippen LogP contribution in [0, 0.1) is 0 Å². The first-order chi connectivity index (χ1) is 13.2. The Morgan fingerprint density at radius 1 is 1.11 bits per heavy atom. The summed E-state index contributed by atoms with van der Waals surface area (Å²) in [6.07, 6.45) is -4.62. The van der Waals surface area contributed by atoms with Crippen LogP contribution in [0.25, 0.3) is 5.57 Å². The van der Waals surface area contributed by atoms with Crippen molar-refractivity contribution >= 4 is 23.4 Å². The summed E-state index contributed by atoms with van der Waals surface area (Å²) in [7, 11) is 0. The van der Waals surface area contributed by atoms with Crippen molar-refractivity contribution < 1.29 is 36.7 Å². The van der Waals surface area contributed by atoms with Gasteiger partial charge in [0.1, 0.15) is 23.7 Å². The van der Waals surface area contributed by atoms with Crippen molar-refractivity contribution in [2.75, 3.05) is 0 Å². The number of halogens is 3. The Morgan fingerprint density at radius 2 is 1.79 bits per heavy atom. The van der Waals surface area contributed by atoms with E-state index >= 15 is 0 Å². The molecule has 1 aliphatic heterocycles. The minimum atomic E-state index is -4.62. The monoisotopic (exact) mass is 394 g/mol. The molecule has 0 bridgehead atoms. The van der Waals surface area contributed by atoms with Gasteiger partial charge in [0.15, 0.2) is 0 Å². The summed E-state index contributed by atoms with van der Waals surface area (Å²) < 4.78 is 49.6. The second-order valence-corrected chi connectivity index (χ2v) is 5.78.